The fraction of sp³-hybridized carbons (Fsp3) is 0.538. The molecule has 1 aromatic carbocycles. The number of hydrogen-bond acceptors (Lipinski definition) is 10. The van der Waals surface area contributed by atoms with E-state index in [0.29, 0.717) is 31.4 Å². The summed E-state index contributed by atoms with van der Waals surface area (Å²) in [5, 5.41) is 15.7. The van der Waals surface area contributed by atoms with E-state index in [0.717, 1.165) is 0 Å². The van der Waals surface area contributed by atoms with Crippen LogP contribution in [0.1, 0.15) is 68.8 Å². The first-order valence-electron chi connectivity index (χ1n) is 13.1. The Kier molecular flexibility index (Phi) is 13.4. The van der Waals surface area contributed by atoms with Crippen LogP contribution in [0.2, 0.25) is 0 Å². The first-order valence-corrected chi connectivity index (χ1v) is 13.1. The van der Waals surface area contributed by atoms with Crippen LogP contribution in [0.25, 0.3) is 0 Å². The molecule has 220 valence electrons. The standard InChI is InChI=1S/C26H37N5O9/c1-4-37-25(35)28-14-7-6-8-22(33)31-15-13-20(40-39-17(3)32)16-21(31)29-24(34)19-11-9-18(10-12-19)23(27)30-26(36)38-5-2/h9-12,20-21H,4-8,13-16H2,1-3H3,(H,28,35)(H,29,34)(H2,27,30,36). The van der Waals surface area contributed by atoms with Crippen molar-refractivity contribution in [3.05, 3.63) is 35.4 Å². The lowest BCUT2D eigenvalue weighted by atomic mass is 10.0. The Labute approximate surface area is 232 Å². The van der Waals surface area contributed by atoms with Gasteiger partial charge in [0, 0.05) is 44.0 Å². The number of alkyl carbamates (subject to hydrolysis) is 2. The van der Waals surface area contributed by atoms with Crippen molar-refractivity contribution in [2.45, 2.75) is 65.1 Å². The lowest BCUT2D eigenvalue weighted by Crippen LogP contribution is -2.56. The van der Waals surface area contributed by atoms with E-state index in [1.165, 1.54) is 31.2 Å². The number of amides is 4. The fourth-order valence-electron chi connectivity index (χ4n) is 3.87. The van der Waals surface area contributed by atoms with Gasteiger partial charge in [0.25, 0.3) is 5.91 Å². The molecule has 2 atom stereocenters. The van der Waals surface area contributed by atoms with Gasteiger partial charge >= 0.3 is 18.2 Å². The third-order valence-corrected chi connectivity index (χ3v) is 5.77. The van der Waals surface area contributed by atoms with Crippen LogP contribution < -0.4 is 16.0 Å². The van der Waals surface area contributed by atoms with Gasteiger partial charge in [-0.25, -0.2) is 14.4 Å². The van der Waals surface area contributed by atoms with E-state index >= 15 is 0 Å². The molecule has 14 nitrogen and oxygen atoms in total. The Balaban J connectivity index is 2.00. The van der Waals surface area contributed by atoms with Crippen molar-refractivity contribution >= 4 is 35.8 Å². The average molecular weight is 564 g/mol. The summed E-state index contributed by atoms with van der Waals surface area (Å²) >= 11 is 0. The molecular weight excluding hydrogens is 526 g/mol. The monoisotopic (exact) mass is 563 g/mol. The van der Waals surface area contributed by atoms with Gasteiger partial charge in [0.15, 0.2) is 0 Å². The number of ether oxygens (including phenoxy) is 2. The number of hydrogen-bond donors (Lipinski definition) is 4. The number of amidine groups is 1. The van der Waals surface area contributed by atoms with E-state index in [4.69, 9.17) is 19.8 Å². The largest absolute Gasteiger partial charge is 0.450 e. The summed E-state index contributed by atoms with van der Waals surface area (Å²) in [6, 6.07) is 5.99. The number of likely N-dealkylation sites (tertiary alicyclic amines) is 1. The number of nitrogens with zero attached hydrogens (tertiary/aromatic N) is 1. The Morgan fingerprint density at radius 2 is 1.62 bits per heavy atom. The molecule has 14 heteroatoms. The highest BCUT2D eigenvalue weighted by atomic mass is 17.2. The van der Waals surface area contributed by atoms with Crippen LogP contribution in [0, 0.1) is 5.41 Å². The van der Waals surface area contributed by atoms with Crippen molar-refractivity contribution in [2.75, 3.05) is 26.3 Å². The molecule has 1 aliphatic rings. The van der Waals surface area contributed by atoms with Gasteiger partial charge in [0.2, 0.25) is 5.91 Å². The third kappa shape index (κ3) is 10.9. The maximum atomic E-state index is 13.0. The van der Waals surface area contributed by atoms with Crippen LogP contribution in [-0.4, -0.2) is 79.3 Å². The van der Waals surface area contributed by atoms with Crippen molar-refractivity contribution in [2.24, 2.45) is 0 Å². The number of benzene rings is 1. The van der Waals surface area contributed by atoms with Gasteiger partial charge in [-0.05, 0) is 45.2 Å². The molecule has 40 heavy (non-hydrogen) atoms. The zero-order chi connectivity index (χ0) is 29.5. The summed E-state index contributed by atoms with van der Waals surface area (Å²) in [4.78, 5) is 71.5. The summed E-state index contributed by atoms with van der Waals surface area (Å²) in [5.41, 5.74) is 0.638. The summed E-state index contributed by atoms with van der Waals surface area (Å²) < 4.78 is 9.56. The van der Waals surface area contributed by atoms with Crippen molar-refractivity contribution in [3.8, 4) is 0 Å². The molecule has 0 aromatic heterocycles. The molecule has 1 heterocycles. The van der Waals surface area contributed by atoms with Crippen molar-refractivity contribution in [1.82, 2.24) is 20.9 Å². The highest BCUT2D eigenvalue weighted by Crippen LogP contribution is 2.21. The molecule has 0 radical (unpaired) electrons. The molecule has 0 bridgehead atoms. The molecule has 4 amide bonds. The highest BCUT2D eigenvalue weighted by Gasteiger charge is 2.34. The van der Waals surface area contributed by atoms with Gasteiger partial charge in [-0.1, -0.05) is 12.1 Å². The van der Waals surface area contributed by atoms with E-state index in [9.17, 15) is 24.0 Å². The number of nitrogens with one attached hydrogen (secondary N) is 4. The molecule has 0 spiro atoms. The van der Waals surface area contributed by atoms with Gasteiger partial charge in [-0.15, -0.1) is 0 Å². The Morgan fingerprint density at radius 1 is 0.975 bits per heavy atom. The molecule has 1 saturated heterocycles. The SMILES string of the molecule is CCOC(=O)NCCCCC(=O)N1CCC(OOC(C)=O)CC1NC(=O)c1ccc(C(=N)NC(=O)OCC)cc1. The number of unbranched alkanes of at least 4 members (excludes halogenated alkanes) is 1. The van der Waals surface area contributed by atoms with Gasteiger partial charge < -0.3 is 25.0 Å². The number of carbonyl (C=O) groups excluding carboxylic acids is 5. The minimum atomic E-state index is -0.753. The molecule has 2 rings (SSSR count). The molecule has 0 saturated carbocycles. The minimum absolute atomic E-state index is 0.165. The zero-order valence-corrected chi connectivity index (χ0v) is 22.9. The first kappa shape index (κ1) is 32.0. The molecule has 0 aliphatic carbocycles. The third-order valence-electron chi connectivity index (χ3n) is 5.77. The van der Waals surface area contributed by atoms with Crippen molar-refractivity contribution < 1.29 is 43.2 Å². The van der Waals surface area contributed by atoms with Crippen LogP contribution in [0.4, 0.5) is 9.59 Å². The van der Waals surface area contributed by atoms with Crippen LogP contribution >= 0.6 is 0 Å². The van der Waals surface area contributed by atoms with Gasteiger partial charge in [-0.3, -0.25) is 25.2 Å². The lowest BCUT2D eigenvalue weighted by Gasteiger charge is -2.39. The van der Waals surface area contributed by atoms with Crippen LogP contribution in [-0.2, 0) is 28.8 Å². The number of piperidine rings is 1. The molecule has 4 N–H and O–H groups in total. The normalized spacial score (nSPS) is 16.3. The second-order valence-electron chi connectivity index (χ2n) is 8.80. The van der Waals surface area contributed by atoms with Gasteiger partial charge in [-0.2, -0.15) is 4.89 Å². The summed E-state index contributed by atoms with van der Waals surface area (Å²) in [6.07, 6.45) is -0.621. The van der Waals surface area contributed by atoms with Gasteiger partial charge in [0.05, 0.1) is 13.2 Å². The van der Waals surface area contributed by atoms with E-state index in [1.807, 2.05) is 0 Å². The average Bonchev–Trinajstić information content (AvgIpc) is 2.92. The van der Waals surface area contributed by atoms with E-state index in [2.05, 4.69) is 20.8 Å². The van der Waals surface area contributed by atoms with E-state index < -0.39 is 36.3 Å². The fourth-order valence-corrected chi connectivity index (χ4v) is 3.87. The maximum Gasteiger partial charge on any atom is 0.412 e. The Morgan fingerprint density at radius 3 is 2.27 bits per heavy atom. The minimum Gasteiger partial charge on any atom is -0.450 e. The topological polar surface area (TPSA) is 185 Å². The van der Waals surface area contributed by atoms with Crippen LogP contribution in [0.5, 0.6) is 0 Å². The number of carbonyl (C=O) groups is 5. The van der Waals surface area contributed by atoms with Crippen LogP contribution in [0.3, 0.4) is 0 Å². The van der Waals surface area contributed by atoms with Crippen LogP contribution in [0.15, 0.2) is 24.3 Å². The highest BCUT2D eigenvalue weighted by molar-refractivity contribution is 6.05. The van der Waals surface area contributed by atoms with Crippen molar-refractivity contribution in [3.63, 3.8) is 0 Å². The molecule has 1 fully saturated rings. The summed E-state index contributed by atoms with van der Waals surface area (Å²) in [6.45, 7) is 5.64. The second kappa shape index (κ2) is 16.7. The second-order valence-corrected chi connectivity index (χ2v) is 8.80. The molecule has 2 unspecified atom stereocenters. The molecular formula is C26H37N5O9. The predicted octanol–water partition coefficient (Wildman–Crippen LogP) is 2.22. The Bertz CT molecular complexity index is 1050. The van der Waals surface area contributed by atoms with Gasteiger partial charge in [0.1, 0.15) is 18.1 Å². The van der Waals surface area contributed by atoms with E-state index in [-0.39, 0.29) is 49.9 Å². The lowest BCUT2D eigenvalue weighted by molar-refractivity contribution is -0.303. The summed E-state index contributed by atoms with van der Waals surface area (Å²) in [7, 11) is 0. The quantitative estimate of drug-likeness (QED) is 0.0973. The molecule has 1 aromatic rings. The Hall–Kier alpha value is -4.20. The summed E-state index contributed by atoms with van der Waals surface area (Å²) in [5.74, 6) is -1.44. The predicted molar refractivity (Wildman–Crippen MR) is 141 cm³/mol. The van der Waals surface area contributed by atoms with E-state index in [1.54, 1.807) is 18.7 Å². The smallest absolute Gasteiger partial charge is 0.412 e. The maximum absolute atomic E-state index is 13.0. The van der Waals surface area contributed by atoms with Crippen molar-refractivity contribution in [1.29, 1.82) is 5.41 Å². The zero-order valence-electron chi connectivity index (χ0n) is 22.9. The first-order chi connectivity index (χ1) is 19.1. The number of rotatable bonds is 12. The molecule has 1 aliphatic heterocycles.